The standard InChI is InChI=1S/C12H15Cl2N/c1-2-7-15-8-3-4-10-9-11(13)5-6-12(10)14/h3-6,9,15H,2,7-8H2,1H3/b4-3+. The summed E-state index contributed by atoms with van der Waals surface area (Å²) in [5.41, 5.74) is 0.961. The van der Waals surface area contributed by atoms with Crippen LogP contribution >= 0.6 is 23.2 Å². The highest BCUT2D eigenvalue weighted by Gasteiger charge is 1.96. The first-order chi connectivity index (χ1) is 7.24. The third kappa shape index (κ3) is 4.70. The first-order valence-electron chi connectivity index (χ1n) is 5.06. The Balaban J connectivity index is 2.52. The highest BCUT2D eigenvalue weighted by atomic mass is 35.5. The van der Waals surface area contributed by atoms with E-state index in [2.05, 4.69) is 12.2 Å². The van der Waals surface area contributed by atoms with Crippen molar-refractivity contribution in [3.8, 4) is 0 Å². The van der Waals surface area contributed by atoms with Crippen LogP contribution in [0.1, 0.15) is 18.9 Å². The van der Waals surface area contributed by atoms with Crippen LogP contribution in [0, 0.1) is 0 Å². The van der Waals surface area contributed by atoms with E-state index in [1.165, 1.54) is 0 Å². The van der Waals surface area contributed by atoms with Crippen molar-refractivity contribution in [1.29, 1.82) is 0 Å². The second kappa shape index (κ2) is 6.89. The summed E-state index contributed by atoms with van der Waals surface area (Å²) in [6.07, 6.45) is 5.18. The van der Waals surface area contributed by atoms with Gasteiger partial charge in [0.1, 0.15) is 0 Å². The molecule has 0 fully saturated rings. The van der Waals surface area contributed by atoms with Gasteiger partial charge in [-0.3, -0.25) is 0 Å². The minimum atomic E-state index is 0.709. The molecule has 0 saturated carbocycles. The maximum Gasteiger partial charge on any atom is 0.0479 e. The fourth-order valence-electron chi connectivity index (χ4n) is 1.19. The second-order valence-electron chi connectivity index (χ2n) is 3.27. The number of hydrogen-bond acceptors (Lipinski definition) is 1. The summed E-state index contributed by atoms with van der Waals surface area (Å²) in [7, 11) is 0. The third-order valence-corrected chi connectivity index (χ3v) is 2.52. The predicted octanol–water partition coefficient (Wildman–Crippen LogP) is 4.01. The van der Waals surface area contributed by atoms with E-state index in [1.807, 2.05) is 24.3 Å². The molecule has 1 N–H and O–H groups in total. The summed E-state index contributed by atoms with van der Waals surface area (Å²) < 4.78 is 0. The fraction of sp³-hybridized carbons (Fsp3) is 0.333. The number of nitrogens with one attached hydrogen (secondary N) is 1. The zero-order valence-electron chi connectivity index (χ0n) is 8.76. The molecule has 82 valence electrons. The van der Waals surface area contributed by atoms with Gasteiger partial charge in [0.05, 0.1) is 0 Å². The first kappa shape index (κ1) is 12.6. The third-order valence-electron chi connectivity index (χ3n) is 1.94. The van der Waals surface area contributed by atoms with Crippen molar-refractivity contribution in [2.75, 3.05) is 13.1 Å². The van der Waals surface area contributed by atoms with Crippen LogP contribution < -0.4 is 5.32 Å². The summed E-state index contributed by atoms with van der Waals surface area (Å²) >= 11 is 11.9. The molecule has 3 heteroatoms. The second-order valence-corrected chi connectivity index (χ2v) is 4.12. The molecule has 15 heavy (non-hydrogen) atoms. The van der Waals surface area contributed by atoms with Gasteiger partial charge in [-0.2, -0.15) is 0 Å². The number of hydrogen-bond donors (Lipinski definition) is 1. The Morgan fingerprint density at radius 2 is 2.13 bits per heavy atom. The maximum absolute atomic E-state index is 6.01. The summed E-state index contributed by atoms with van der Waals surface area (Å²) in [5.74, 6) is 0. The fourth-order valence-corrected chi connectivity index (χ4v) is 1.55. The molecule has 0 radical (unpaired) electrons. The lowest BCUT2D eigenvalue weighted by molar-refractivity contribution is 0.730. The van der Waals surface area contributed by atoms with Crippen LogP contribution in [0.4, 0.5) is 0 Å². The number of rotatable bonds is 5. The van der Waals surface area contributed by atoms with Gasteiger partial charge in [-0.1, -0.05) is 42.3 Å². The van der Waals surface area contributed by atoms with Gasteiger partial charge >= 0.3 is 0 Å². The quantitative estimate of drug-likeness (QED) is 0.772. The van der Waals surface area contributed by atoms with Crippen molar-refractivity contribution in [3.63, 3.8) is 0 Å². The minimum absolute atomic E-state index is 0.709. The van der Waals surface area contributed by atoms with Crippen LogP contribution in [0.5, 0.6) is 0 Å². The van der Waals surface area contributed by atoms with E-state index in [0.717, 1.165) is 30.1 Å². The van der Waals surface area contributed by atoms with Crippen molar-refractivity contribution in [3.05, 3.63) is 39.9 Å². The van der Waals surface area contributed by atoms with E-state index in [0.29, 0.717) is 5.02 Å². The zero-order chi connectivity index (χ0) is 11.1. The Kier molecular flexibility index (Phi) is 5.77. The molecule has 0 aliphatic heterocycles. The van der Waals surface area contributed by atoms with E-state index in [9.17, 15) is 0 Å². The molecule has 1 aromatic rings. The SMILES string of the molecule is CCCNC/C=C/c1cc(Cl)ccc1Cl. The van der Waals surface area contributed by atoms with Crippen molar-refractivity contribution in [2.45, 2.75) is 13.3 Å². The maximum atomic E-state index is 6.01. The molecule has 0 atom stereocenters. The van der Waals surface area contributed by atoms with Crippen molar-refractivity contribution in [2.24, 2.45) is 0 Å². The lowest BCUT2D eigenvalue weighted by Gasteiger charge is -1.99. The lowest BCUT2D eigenvalue weighted by Crippen LogP contribution is -2.13. The van der Waals surface area contributed by atoms with Gasteiger partial charge in [0, 0.05) is 16.6 Å². The highest BCUT2D eigenvalue weighted by Crippen LogP contribution is 2.21. The Bertz CT molecular complexity index is 334. The zero-order valence-corrected chi connectivity index (χ0v) is 10.3. The van der Waals surface area contributed by atoms with E-state index < -0.39 is 0 Å². The summed E-state index contributed by atoms with van der Waals surface area (Å²) in [4.78, 5) is 0. The monoisotopic (exact) mass is 243 g/mol. The van der Waals surface area contributed by atoms with E-state index in [4.69, 9.17) is 23.2 Å². The topological polar surface area (TPSA) is 12.0 Å². The first-order valence-corrected chi connectivity index (χ1v) is 5.82. The summed E-state index contributed by atoms with van der Waals surface area (Å²) in [5, 5.41) is 4.71. The van der Waals surface area contributed by atoms with Gasteiger partial charge in [-0.15, -0.1) is 0 Å². The van der Waals surface area contributed by atoms with Crippen molar-refractivity contribution >= 4 is 29.3 Å². The average molecular weight is 244 g/mol. The Hall–Kier alpha value is -0.500. The lowest BCUT2D eigenvalue weighted by atomic mass is 10.2. The molecule has 0 spiro atoms. The Labute approximate surface area is 101 Å². The largest absolute Gasteiger partial charge is 0.313 e. The molecule has 1 rings (SSSR count). The Morgan fingerprint density at radius 3 is 2.87 bits per heavy atom. The molecule has 0 bridgehead atoms. The van der Waals surface area contributed by atoms with Crippen LogP contribution in [0.15, 0.2) is 24.3 Å². The molecule has 0 aliphatic rings. The average Bonchev–Trinajstić information content (AvgIpc) is 2.23. The van der Waals surface area contributed by atoms with E-state index >= 15 is 0 Å². The molecule has 1 aromatic carbocycles. The molecule has 1 nitrogen and oxygen atoms in total. The summed E-state index contributed by atoms with van der Waals surface area (Å²) in [6.45, 7) is 4.04. The molecule has 0 heterocycles. The predicted molar refractivity (Wildman–Crippen MR) is 68.7 cm³/mol. The Morgan fingerprint density at radius 1 is 1.33 bits per heavy atom. The highest BCUT2D eigenvalue weighted by molar-refractivity contribution is 6.34. The van der Waals surface area contributed by atoms with Gasteiger partial charge < -0.3 is 5.32 Å². The summed E-state index contributed by atoms with van der Waals surface area (Å²) in [6, 6.07) is 5.46. The van der Waals surface area contributed by atoms with Gasteiger partial charge in [0.25, 0.3) is 0 Å². The van der Waals surface area contributed by atoms with Gasteiger partial charge in [0.2, 0.25) is 0 Å². The van der Waals surface area contributed by atoms with Crippen LogP contribution in [0.2, 0.25) is 10.0 Å². The normalized spacial score (nSPS) is 11.1. The van der Waals surface area contributed by atoms with Crippen LogP contribution in [0.25, 0.3) is 6.08 Å². The van der Waals surface area contributed by atoms with Crippen LogP contribution in [-0.2, 0) is 0 Å². The number of halogens is 2. The van der Waals surface area contributed by atoms with Gasteiger partial charge in [-0.05, 0) is 36.7 Å². The van der Waals surface area contributed by atoms with Gasteiger partial charge in [-0.25, -0.2) is 0 Å². The number of benzene rings is 1. The molecular formula is C12H15Cl2N. The van der Waals surface area contributed by atoms with Gasteiger partial charge in [0.15, 0.2) is 0 Å². The minimum Gasteiger partial charge on any atom is -0.313 e. The molecule has 0 aliphatic carbocycles. The molecular weight excluding hydrogens is 229 g/mol. The van der Waals surface area contributed by atoms with Crippen molar-refractivity contribution in [1.82, 2.24) is 5.32 Å². The molecule has 0 unspecified atom stereocenters. The smallest absolute Gasteiger partial charge is 0.0479 e. The molecule has 0 amide bonds. The van der Waals surface area contributed by atoms with Crippen LogP contribution in [0.3, 0.4) is 0 Å². The molecule has 0 aromatic heterocycles. The van der Waals surface area contributed by atoms with E-state index in [1.54, 1.807) is 6.07 Å². The molecule has 0 saturated heterocycles. The van der Waals surface area contributed by atoms with E-state index in [-0.39, 0.29) is 0 Å². The van der Waals surface area contributed by atoms with Crippen LogP contribution in [-0.4, -0.2) is 13.1 Å². The van der Waals surface area contributed by atoms with Crippen molar-refractivity contribution < 1.29 is 0 Å².